The van der Waals surface area contributed by atoms with E-state index in [1.807, 2.05) is 32.0 Å². The number of Topliss-reactive ketones (excluding diaryl/α,β-unsaturated/α-hetero) is 1. The van der Waals surface area contributed by atoms with E-state index in [1.54, 1.807) is 0 Å². The summed E-state index contributed by atoms with van der Waals surface area (Å²) in [5.74, 6) is 1.50. The molecule has 1 aromatic rings. The molecule has 2 heteroatoms. The fourth-order valence-electron chi connectivity index (χ4n) is 1.81. The molecule has 0 atom stereocenters. The van der Waals surface area contributed by atoms with Gasteiger partial charge < -0.3 is 10.7 Å². The molecule has 0 unspecified atom stereocenters. The van der Waals surface area contributed by atoms with Crippen molar-refractivity contribution in [1.82, 2.24) is 0 Å². The summed E-state index contributed by atoms with van der Waals surface area (Å²) in [5.41, 5.74) is 1.26. The van der Waals surface area contributed by atoms with Gasteiger partial charge in [-0.05, 0) is 6.42 Å². The van der Waals surface area contributed by atoms with Gasteiger partial charge in [0, 0.05) is 38.5 Å². The van der Waals surface area contributed by atoms with Gasteiger partial charge in [0.25, 0.3) is 0 Å². The molecule has 1 radical (unpaired) electrons. The van der Waals surface area contributed by atoms with E-state index >= 15 is 0 Å². The van der Waals surface area contributed by atoms with Crippen molar-refractivity contribution in [2.75, 3.05) is 0 Å². The van der Waals surface area contributed by atoms with Crippen LogP contribution in [0.15, 0.2) is 30.3 Å². The zero-order chi connectivity index (χ0) is 11.1. The van der Waals surface area contributed by atoms with E-state index in [2.05, 4.69) is 12.1 Å². The summed E-state index contributed by atoms with van der Waals surface area (Å²) in [7, 11) is 0. The number of hydrogen-bond acceptors (Lipinski definition) is 1. The van der Waals surface area contributed by atoms with Crippen molar-refractivity contribution < 1.29 is 37.5 Å². The summed E-state index contributed by atoms with van der Waals surface area (Å²) in [4.78, 5) is 11.3. The fraction of sp³-hybridized carbons (Fsp3) is 0.429. The maximum atomic E-state index is 11.3. The summed E-state index contributed by atoms with van der Waals surface area (Å²) < 4.78 is 0. The molecule has 0 bridgehead atoms. The van der Waals surface area contributed by atoms with E-state index in [0.717, 1.165) is 31.6 Å². The van der Waals surface area contributed by atoms with Crippen LogP contribution in [0.1, 0.15) is 38.7 Å². The second kappa shape index (κ2) is 8.95. The van der Waals surface area contributed by atoms with Gasteiger partial charge in [-0.1, -0.05) is 56.2 Å². The van der Waals surface area contributed by atoms with E-state index in [-0.39, 0.29) is 32.7 Å². The summed E-state index contributed by atoms with van der Waals surface area (Å²) in [6.07, 6.45) is 3.69. The molecule has 0 N–H and O–H groups in total. The number of ketones is 1. The third-order valence-corrected chi connectivity index (χ3v) is 2.54. The molecule has 1 aromatic carbocycles. The first-order chi connectivity index (χ1) is 7.36. The van der Waals surface area contributed by atoms with Crippen molar-refractivity contribution in [3.05, 3.63) is 41.8 Å². The molecular formula is C14H19OY-. The van der Waals surface area contributed by atoms with Gasteiger partial charge in [0.2, 0.25) is 0 Å². The minimum absolute atomic E-state index is 0. The van der Waals surface area contributed by atoms with Crippen LogP contribution in [-0.2, 0) is 43.9 Å². The van der Waals surface area contributed by atoms with Crippen LogP contribution in [-0.4, -0.2) is 5.78 Å². The zero-order valence-electron chi connectivity index (χ0n) is 10.2. The topological polar surface area (TPSA) is 17.1 Å². The van der Waals surface area contributed by atoms with Crippen LogP contribution < -0.4 is 0 Å². The minimum atomic E-state index is 0. The number of carbonyl (C=O) groups excluding carboxylic acids is 1. The Bertz CT molecular complexity index is 295. The normalized spacial score (nSPS) is 13.9. The SMILES string of the molecule is CC.O=C1CCC[C-]1Cc1ccccc1.[Y]. The number of rotatable bonds is 2. The van der Waals surface area contributed by atoms with Crippen LogP contribution in [0.4, 0.5) is 0 Å². The number of hydrogen-bond donors (Lipinski definition) is 0. The van der Waals surface area contributed by atoms with Crippen LogP contribution >= 0.6 is 0 Å². The van der Waals surface area contributed by atoms with Crippen molar-refractivity contribution in [3.63, 3.8) is 0 Å². The second-order valence-electron chi connectivity index (χ2n) is 3.54. The average Bonchev–Trinajstić information content (AvgIpc) is 2.69. The fourth-order valence-corrected chi connectivity index (χ4v) is 1.81. The number of benzene rings is 1. The van der Waals surface area contributed by atoms with E-state index < -0.39 is 0 Å². The van der Waals surface area contributed by atoms with Gasteiger partial charge in [-0.25, -0.2) is 0 Å². The molecule has 0 aromatic heterocycles. The molecule has 1 aliphatic carbocycles. The Morgan fingerprint density at radius 2 is 1.81 bits per heavy atom. The first kappa shape index (κ1) is 15.9. The molecule has 0 saturated heterocycles. The summed E-state index contributed by atoms with van der Waals surface area (Å²) >= 11 is 0. The summed E-state index contributed by atoms with van der Waals surface area (Å²) in [5, 5.41) is 0. The number of carbonyl (C=O) groups is 1. The standard InChI is InChI=1S/C12H13O.C2H6.Y/c13-12-8-4-7-11(12)9-10-5-2-1-3-6-10;1-2;/h1-3,5-6H,4,7-9H2;1-2H3;/q-1;;. The molecule has 0 amide bonds. The van der Waals surface area contributed by atoms with Crippen LogP contribution in [0.3, 0.4) is 0 Å². The first-order valence-corrected chi connectivity index (χ1v) is 5.78. The predicted molar refractivity (Wildman–Crippen MR) is 63.6 cm³/mol. The molecule has 0 aliphatic heterocycles. The van der Waals surface area contributed by atoms with Crippen molar-refractivity contribution in [1.29, 1.82) is 0 Å². The van der Waals surface area contributed by atoms with Gasteiger partial charge in [-0.15, -0.1) is 6.42 Å². The van der Waals surface area contributed by atoms with Crippen molar-refractivity contribution in [2.24, 2.45) is 0 Å². The molecule has 1 nitrogen and oxygen atoms in total. The van der Waals surface area contributed by atoms with Crippen LogP contribution in [0.5, 0.6) is 0 Å². The Morgan fingerprint density at radius 1 is 1.19 bits per heavy atom. The first-order valence-electron chi connectivity index (χ1n) is 5.78. The molecule has 85 valence electrons. The van der Waals surface area contributed by atoms with Gasteiger partial charge >= 0.3 is 0 Å². The molecule has 16 heavy (non-hydrogen) atoms. The van der Waals surface area contributed by atoms with Crippen LogP contribution in [0, 0.1) is 5.92 Å². The zero-order valence-corrected chi connectivity index (χ0v) is 13.0. The third kappa shape index (κ3) is 4.80. The molecular weight excluding hydrogens is 273 g/mol. The second-order valence-corrected chi connectivity index (χ2v) is 3.54. The van der Waals surface area contributed by atoms with Crippen molar-refractivity contribution >= 4 is 5.78 Å². The summed E-state index contributed by atoms with van der Waals surface area (Å²) in [6.45, 7) is 4.00. The van der Waals surface area contributed by atoms with E-state index in [0.29, 0.717) is 5.78 Å². The maximum Gasteiger partial charge on any atom is 0.00171 e. The van der Waals surface area contributed by atoms with Gasteiger partial charge in [0.1, 0.15) is 0 Å². The van der Waals surface area contributed by atoms with Crippen LogP contribution in [0.2, 0.25) is 0 Å². The van der Waals surface area contributed by atoms with Gasteiger partial charge in [0.05, 0.1) is 0 Å². The van der Waals surface area contributed by atoms with Crippen molar-refractivity contribution in [3.8, 4) is 0 Å². The van der Waals surface area contributed by atoms with E-state index in [9.17, 15) is 4.79 Å². The third-order valence-electron chi connectivity index (χ3n) is 2.54. The minimum Gasteiger partial charge on any atom is -0.334 e. The largest absolute Gasteiger partial charge is 0.334 e. The van der Waals surface area contributed by atoms with E-state index in [4.69, 9.17) is 0 Å². The molecule has 1 fully saturated rings. The van der Waals surface area contributed by atoms with Gasteiger partial charge in [-0.2, -0.15) is 6.42 Å². The van der Waals surface area contributed by atoms with Crippen LogP contribution in [0.25, 0.3) is 0 Å². The predicted octanol–water partition coefficient (Wildman–Crippen LogP) is 3.58. The average molecular weight is 292 g/mol. The maximum absolute atomic E-state index is 11.3. The summed E-state index contributed by atoms with van der Waals surface area (Å²) in [6, 6.07) is 10.2. The molecule has 0 spiro atoms. The Kier molecular flexibility index (Phi) is 8.88. The van der Waals surface area contributed by atoms with Gasteiger partial charge in [-0.3, -0.25) is 0 Å². The quantitative estimate of drug-likeness (QED) is 0.761. The molecule has 1 saturated carbocycles. The van der Waals surface area contributed by atoms with Gasteiger partial charge in [0.15, 0.2) is 0 Å². The smallest absolute Gasteiger partial charge is 0.00171 e. The Hall–Kier alpha value is -0.136. The molecule has 1 aliphatic rings. The Morgan fingerprint density at radius 3 is 2.31 bits per heavy atom. The monoisotopic (exact) mass is 292 g/mol. The molecule has 2 rings (SSSR count). The molecule has 0 heterocycles. The van der Waals surface area contributed by atoms with E-state index in [1.165, 1.54) is 5.56 Å². The Balaban J connectivity index is 0.000000711. The Labute approximate surface area is 124 Å². The van der Waals surface area contributed by atoms with Crippen molar-refractivity contribution in [2.45, 2.75) is 39.5 Å².